The van der Waals surface area contributed by atoms with Crippen LogP contribution in [0.1, 0.15) is 11.1 Å². The van der Waals surface area contributed by atoms with E-state index in [9.17, 15) is 13.6 Å². The molecule has 0 unspecified atom stereocenters. The zero-order valence-electron chi connectivity index (χ0n) is 13.7. The number of rotatable bonds is 2. The molecule has 1 heterocycles. The van der Waals surface area contributed by atoms with Crippen molar-refractivity contribution in [2.45, 2.75) is 0 Å². The van der Waals surface area contributed by atoms with Crippen molar-refractivity contribution in [1.29, 1.82) is 0 Å². The second-order valence-electron chi connectivity index (χ2n) is 5.94. The molecule has 2 nitrogen and oxygen atoms in total. The highest BCUT2D eigenvalue weighted by atomic mass is 35.5. The van der Waals surface area contributed by atoms with Gasteiger partial charge >= 0.3 is 0 Å². The van der Waals surface area contributed by atoms with Crippen molar-refractivity contribution >= 4 is 30.3 Å². The van der Waals surface area contributed by atoms with Crippen LogP contribution in [0.5, 0.6) is 0 Å². The van der Waals surface area contributed by atoms with Crippen molar-refractivity contribution in [2.24, 2.45) is 0 Å². The third kappa shape index (κ3) is 4.84. The molecule has 1 aliphatic rings. The lowest BCUT2D eigenvalue weighted by Gasteiger charge is -2.26. The van der Waals surface area contributed by atoms with Crippen LogP contribution in [0.3, 0.4) is 0 Å². The first-order valence-electron chi connectivity index (χ1n) is 7.67. The molecule has 0 spiro atoms. The van der Waals surface area contributed by atoms with Crippen LogP contribution in [0.4, 0.5) is 8.78 Å². The van der Waals surface area contributed by atoms with E-state index in [1.54, 1.807) is 36.4 Å². The minimum Gasteiger partial charge on any atom is -0.298 e. The number of likely N-dealkylation sites (tertiary alicyclic amines) is 1. The van der Waals surface area contributed by atoms with Crippen molar-refractivity contribution in [1.82, 2.24) is 4.90 Å². The molecule has 0 atom stereocenters. The van der Waals surface area contributed by atoms with Crippen LogP contribution in [0.2, 0.25) is 0 Å². The van der Waals surface area contributed by atoms with Crippen LogP contribution in [0, 0.1) is 11.6 Å². The molecule has 0 bridgehead atoms. The van der Waals surface area contributed by atoms with Gasteiger partial charge in [-0.05, 0) is 54.6 Å². The molecule has 1 fully saturated rings. The van der Waals surface area contributed by atoms with Gasteiger partial charge in [0.25, 0.3) is 0 Å². The van der Waals surface area contributed by atoms with Crippen LogP contribution in [0.25, 0.3) is 12.2 Å². The van der Waals surface area contributed by atoms with Gasteiger partial charge in [-0.3, -0.25) is 9.69 Å². The average Bonchev–Trinajstić information content (AvgIpc) is 2.56. The Bertz CT molecular complexity index is 743. The second-order valence-corrected chi connectivity index (χ2v) is 5.94. The molecule has 2 aromatic rings. The number of halogens is 3. The minimum absolute atomic E-state index is 0. The van der Waals surface area contributed by atoms with E-state index < -0.39 is 0 Å². The summed E-state index contributed by atoms with van der Waals surface area (Å²) in [5, 5.41) is 0. The number of benzene rings is 2. The highest BCUT2D eigenvalue weighted by molar-refractivity contribution is 6.14. The number of hydrogen-bond acceptors (Lipinski definition) is 2. The summed E-state index contributed by atoms with van der Waals surface area (Å²) in [5.41, 5.74) is 2.89. The van der Waals surface area contributed by atoms with Crippen molar-refractivity contribution < 1.29 is 13.6 Å². The van der Waals surface area contributed by atoms with E-state index in [4.69, 9.17) is 0 Å². The molecule has 130 valence electrons. The summed E-state index contributed by atoms with van der Waals surface area (Å²) in [6.45, 7) is 1.08. The van der Waals surface area contributed by atoms with Gasteiger partial charge in [0.1, 0.15) is 11.6 Å². The Morgan fingerprint density at radius 1 is 0.800 bits per heavy atom. The third-order valence-electron chi connectivity index (χ3n) is 3.89. The van der Waals surface area contributed by atoms with Gasteiger partial charge in [-0.15, -0.1) is 12.4 Å². The molecule has 0 amide bonds. The predicted octanol–water partition coefficient (Wildman–Crippen LogP) is 4.37. The molecule has 0 aliphatic carbocycles. The molecule has 2 aromatic carbocycles. The number of Topliss-reactive ketones (excluding diaryl/α,β-unsaturated/α-hetero) is 1. The first-order valence-corrected chi connectivity index (χ1v) is 7.67. The monoisotopic (exact) mass is 361 g/mol. The van der Waals surface area contributed by atoms with Gasteiger partial charge in [0.05, 0.1) is 0 Å². The number of piperidine rings is 1. The fraction of sp³-hybridized carbons (Fsp3) is 0.150. The molecule has 0 radical (unpaired) electrons. The molecular formula is C20H18ClF2NO. The van der Waals surface area contributed by atoms with Crippen LogP contribution >= 0.6 is 12.4 Å². The number of carbonyl (C=O) groups excluding carboxylic acids is 1. The van der Waals surface area contributed by atoms with Gasteiger partial charge in [0.2, 0.25) is 0 Å². The van der Waals surface area contributed by atoms with Crippen molar-refractivity contribution in [3.63, 3.8) is 0 Å². The van der Waals surface area contributed by atoms with Gasteiger partial charge in [-0.25, -0.2) is 8.78 Å². The van der Waals surface area contributed by atoms with E-state index in [0.717, 1.165) is 11.1 Å². The standard InChI is InChI=1S/C20H17F2NO.ClH/c1-23-12-16(10-14-2-6-18(21)7-3-14)20(24)17(13-23)11-15-4-8-19(22)9-5-15;/h2-11H,12-13H2,1H3;1H/b16-10+,17-11+;. The summed E-state index contributed by atoms with van der Waals surface area (Å²) in [7, 11) is 1.93. The summed E-state index contributed by atoms with van der Waals surface area (Å²) in [6.07, 6.45) is 3.58. The Hall–Kier alpha value is -2.30. The Labute approximate surface area is 151 Å². The van der Waals surface area contributed by atoms with E-state index in [2.05, 4.69) is 0 Å². The largest absolute Gasteiger partial charge is 0.298 e. The van der Waals surface area contributed by atoms with E-state index in [-0.39, 0.29) is 29.8 Å². The predicted molar refractivity (Wildman–Crippen MR) is 98.5 cm³/mol. The maximum absolute atomic E-state index is 13.0. The summed E-state index contributed by atoms with van der Waals surface area (Å²) in [5.74, 6) is -0.635. The van der Waals surface area contributed by atoms with Crippen molar-refractivity contribution in [3.05, 3.63) is 82.4 Å². The van der Waals surface area contributed by atoms with Gasteiger partial charge in [0.15, 0.2) is 5.78 Å². The molecule has 25 heavy (non-hydrogen) atoms. The Morgan fingerprint density at radius 2 is 1.16 bits per heavy atom. The Kier molecular flexibility index (Phi) is 6.23. The molecule has 0 N–H and O–H groups in total. The van der Waals surface area contributed by atoms with Crippen molar-refractivity contribution in [3.8, 4) is 0 Å². The summed E-state index contributed by atoms with van der Waals surface area (Å²) >= 11 is 0. The van der Waals surface area contributed by atoms with Gasteiger partial charge in [-0.1, -0.05) is 24.3 Å². The smallest absolute Gasteiger partial charge is 0.187 e. The third-order valence-corrected chi connectivity index (χ3v) is 3.89. The second kappa shape index (κ2) is 8.19. The van der Waals surface area contributed by atoms with Crippen LogP contribution in [0.15, 0.2) is 59.7 Å². The molecule has 1 aliphatic heterocycles. The molecule has 5 heteroatoms. The lowest BCUT2D eigenvalue weighted by Crippen LogP contribution is -2.34. The number of nitrogens with zero attached hydrogens (tertiary/aromatic N) is 1. The highest BCUT2D eigenvalue weighted by Gasteiger charge is 2.23. The fourth-order valence-electron chi connectivity index (χ4n) is 2.73. The van der Waals surface area contributed by atoms with E-state index >= 15 is 0 Å². The normalized spacial score (nSPS) is 18.4. The molecular weight excluding hydrogens is 344 g/mol. The summed E-state index contributed by atoms with van der Waals surface area (Å²) < 4.78 is 26.0. The van der Waals surface area contributed by atoms with E-state index in [1.807, 2.05) is 11.9 Å². The van der Waals surface area contributed by atoms with Crippen molar-refractivity contribution in [2.75, 3.05) is 20.1 Å². The molecule has 1 saturated heterocycles. The van der Waals surface area contributed by atoms with Crippen LogP contribution in [-0.4, -0.2) is 30.8 Å². The Balaban J connectivity index is 0.00000225. The lowest BCUT2D eigenvalue weighted by molar-refractivity contribution is -0.113. The maximum atomic E-state index is 13.0. The zero-order valence-corrected chi connectivity index (χ0v) is 14.5. The summed E-state index contributed by atoms with van der Waals surface area (Å²) in [6, 6.07) is 12.1. The molecule has 0 saturated carbocycles. The van der Waals surface area contributed by atoms with Crippen LogP contribution < -0.4 is 0 Å². The summed E-state index contributed by atoms with van der Waals surface area (Å²) in [4.78, 5) is 14.7. The van der Waals surface area contributed by atoms with E-state index in [1.165, 1.54) is 24.3 Å². The first-order chi connectivity index (χ1) is 11.5. The maximum Gasteiger partial charge on any atom is 0.187 e. The first kappa shape index (κ1) is 19.0. The van der Waals surface area contributed by atoms with Crippen LogP contribution in [-0.2, 0) is 4.79 Å². The van der Waals surface area contributed by atoms with Gasteiger partial charge in [-0.2, -0.15) is 0 Å². The number of carbonyl (C=O) groups is 1. The SMILES string of the molecule is CN1C/C(=C\c2ccc(F)cc2)C(=O)/C(=C/c2ccc(F)cc2)C1.Cl. The highest BCUT2D eigenvalue weighted by Crippen LogP contribution is 2.21. The number of ketones is 1. The van der Waals surface area contributed by atoms with Gasteiger partial charge < -0.3 is 0 Å². The topological polar surface area (TPSA) is 20.3 Å². The minimum atomic E-state index is -0.305. The lowest BCUT2D eigenvalue weighted by atomic mass is 9.94. The number of hydrogen-bond donors (Lipinski definition) is 0. The molecule has 0 aromatic heterocycles. The Morgan fingerprint density at radius 3 is 1.52 bits per heavy atom. The quantitative estimate of drug-likeness (QED) is 0.740. The van der Waals surface area contributed by atoms with Gasteiger partial charge in [0, 0.05) is 24.2 Å². The fourth-order valence-corrected chi connectivity index (χ4v) is 2.73. The zero-order chi connectivity index (χ0) is 17.1. The average molecular weight is 362 g/mol. The van der Waals surface area contributed by atoms with E-state index in [0.29, 0.717) is 24.2 Å². The number of likely N-dealkylation sites (N-methyl/N-ethyl adjacent to an activating group) is 1. The molecule has 3 rings (SSSR count).